The van der Waals surface area contributed by atoms with Crippen molar-refractivity contribution in [3.05, 3.63) is 34.3 Å². The minimum atomic E-state index is -0.365. The maximum absolute atomic E-state index is 12.0. The van der Waals surface area contributed by atoms with E-state index in [0.717, 1.165) is 10.0 Å². The van der Waals surface area contributed by atoms with Crippen LogP contribution in [0.2, 0.25) is 0 Å². The normalized spacial score (nSPS) is 20.5. The van der Waals surface area contributed by atoms with E-state index < -0.39 is 0 Å². The second-order valence-corrected chi connectivity index (χ2v) is 5.44. The molecular weight excluding hydrogens is 310 g/mol. The number of benzene rings is 1. The average molecular weight is 326 g/mol. The molecule has 2 atom stereocenters. The topological polar surface area (TPSA) is 70.2 Å². The first-order valence-electron chi connectivity index (χ1n) is 6.12. The van der Waals surface area contributed by atoms with Crippen LogP contribution in [0.15, 0.2) is 28.7 Å². The SMILES string of the molecule is CC(NC(=O)C1CNC(=O)CN1)c1ccc(Br)cc1. The number of halogens is 1. The summed E-state index contributed by atoms with van der Waals surface area (Å²) in [5.41, 5.74) is 1.04. The van der Waals surface area contributed by atoms with E-state index in [1.807, 2.05) is 31.2 Å². The highest BCUT2D eigenvalue weighted by molar-refractivity contribution is 9.10. The Morgan fingerprint density at radius 2 is 2.11 bits per heavy atom. The fourth-order valence-electron chi connectivity index (χ4n) is 1.90. The number of nitrogens with one attached hydrogen (secondary N) is 3. The van der Waals surface area contributed by atoms with Crippen molar-refractivity contribution in [1.29, 1.82) is 0 Å². The van der Waals surface area contributed by atoms with Crippen LogP contribution in [0.3, 0.4) is 0 Å². The van der Waals surface area contributed by atoms with E-state index in [2.05, 4.69) is 31.9 Å². The Morgan fingerprint density at radius 1 is 1.42 bits per heavy atom. The van der Waals surface area contributed by atoms with Crippen LogP contribution in [0.5, 0.6) is 0 Å². The molecule has 5 nitrogen and oxygen atoms in total. The summed E-state index contributed by atoms with van der Waals surface area (Å²) in [6, 6.07) is 7.38. The molecule has 3 N–H and O–H groups in total. The van der Waals surface area contributed by atoms with Gasteiger partial charge in [-0.25, -0.2) is 0 Å². The molecule has 0 saturated carbocycles. The predicted molar refractivity (Wildman–Crippen MR) is 75.5 cm³/mol. The predicted octanol–water partition coefficient (Wildman–Crippen LogP) is 0.714. The van der Waals surface area contributed by atoms with Gasteiger partial charge in [-0.1, -0.05) is 28.1 Å². The second kappa shape index (κ2) is 6.16. The lowest BCUT2D eigenvalue weighted by Gasteiger charge is -2.25. The molecule has 0 radical (unpaired) electrons. The number of piperazine rings is 1. The van der Waals surface area contributed by atoms with Crippen LogP contribution >= 0.6 is 15.9 Å². The van der Waals surface area contributed by atoms with Crippen LogP contribution in [0, 0.1) is 0 Å². The Morgan fingerprint density at radius 3 is 2.68 bits per heavy atom. The van der Waals surface area contributed by atoms with Crippen LogP contribution < -0.4 is 16.0 Å². The molecule has 0 spiro atoms. The third-order valence-electron chi connectivity index (χ3n) is 3.06. The van der Waals surface area contributed by atoms with Crippen LogP contribution in [-0.2, 0) is 9.59 Å². The van der Waals surface area contributed by atoms with Crippen molar-refractivity contribution in [2.75, 3.05) is 13.1 Å². The summed E-state index contributed by atoms with van der Waals surface area (Å²) in [5, 5.41) is 8.50. The van der Waals surface area contributed by atoms with Crippen molar-refractivity contribution in [3.8, 4) is 0 Å². The highest BCUT2D eigenvalue weighted by Gasteiger charge is 2.24. The molecule has 19 heavy (non-hydrogen) atoms. The third kappa shape index (κ3) is 3.78. The number of carbonyl (C=O) groups excluding carboxylic acids is 2. The summed E-state index contributed by atoms with van der Waals surface area (Å²) in [7, 11) is 0. The molecule has 6 heteroatoms. The van der Waals surface area contributed by atoms with E-state index in [-0.39, 0.29) is 30.4 Å². The van der Waals surface area contributed by atoms with Crippen molar-refractivity contribution in [3.63, 3.8) is 0 Å². The molecule has 0 aromatic heterocycles. The lowest BCUT2D eigenvalue weighted by atomic mass is 10.1. The average Bonchev–Trinajstić information content (AvgIpc) is 2.40. The molecule has 2 unspecified atom stereocenters. The highest BCUT2D eigenvalue weighted by atomic mass is 79.9. The van der Waals surface area contributed by atoms with Gasteiger partial charge in [-0.2, -0.15) is 0 Å². The first-order chi connectivity index (χ1) is 9.06. The number of rotatable bonds is 3. The molecule has 1 heterocycles. The number of carbonyl (C=O) groups is 2. The summed E-state index contributed by atoms with van der Waals surface area (Å²) in [6.45, 7) is 2.45. The van der Waals surface area contributed by atoms with Gasteiger partial charge in [0.2, 0.25) is 11.8 Å². The van der Waals surface area contributed by atoms with Crippen LogP contribution in [0.1, 0.15) is 18.5 Å². The zero-order valence-corrected chi connectivity index (χ0v) is 12.2. The summed E-state index contributed by atoms with van der Waals surface area (Å²) < 4.78 is 1.01. The summed E-state index contributed by atoms with van der Waals surface area (Å²) in [4.78, 5) is 23.0. The monoisotopic (exact) mass is 325 g/mol. The van der Waals surface area contributed by atoms with E-state index >= 15 is 0 Å². The lowest BCUT2D eigenvalue weighted by Crippen LogP contribution is -2.58. The molecular formula is C13H16BrN3O2. The lowest BCUT2D eigenvalue weighted by molar-refractivity contribution is -0.127. The van der Waals surface area contributed by atoms with Crippen molar-refractivity contribution in [2.24, 2.45) is 0 Å². The minimum Gasteiger partial charge on any atom is -0.353 e. The Bertz CT molecular complexity index is 465. The van der Waals surface area contributed by atoms with Crippen LogP contribution in [0.4, 0.5) is 0 Å². The number of hydrogen-bond donors (Lipinski definition) is 3. The van der Waals surface area contributed by atoms with Gasteiger partial charge in [0.25, 0.3) is 0 Å². The molecule has 1 aromatic carbocycles. The smallest absolute Gasteiger partial charge is 0.239 e. The maximum atomic E-state index is 12.0. The van der Waals surface area contributed by atoms with Gasteiger partial charge in [-0.05, 0) is 24.6 Å². The van der Waals surface area contributed by atoms with Gasteiger partial charge in [0.1, 0.15) is 6.04 Å². The van der Waals surface area contributed by atoms with Crippen molar-refractivity contribution in [2.45, 2.75) is 19.0 Å². The van der Waals surface area contributed by atoms with Gasteiger partial charge in [-0.15, -0.1) is 0 Å². The first-order valence-corrected chi connectivity index (χ1v) is 6.91. The van der Waals surface area contributed by atoms with Gasteiger partial charge in [0, 0.05) is 11.0 Å². The van der Waals surface area contributed by atoms with Crippen molar-refractivity contribution < 1.29 is 9.59 Å². The molecule has 0 bridgehead atoms. The quantitative estimate of drug-likeness (QED) is 0.766. The van der Waals surface area contributed by atoms with E-state index in [1.165, 1.54) is 0 Å². The van der Waals surface area contributed by atoms with Gasteiger partial charge < -0.3 is 10.6 Å². The van der Waals surface area contributed by atoms with Crippen LogP contribution in [-0.4, -0.2) is 30.9 Å². The molecule has 1 aliphatic rings. The molecule has 0 aliphatic carbocycles. The minimum absolute atomic E-state index is 0.0694. The Kier molecular flexibility index (Phi) is 4.55. The zero-order chi connectivity index (χ0) is 13.8. The fourth-order valence-corrected chi connectivity index (χ4v) is 2.16. The first kappa shape index (κ1) is 14.0. The number of amides is 2. The van der Waals surface area contributed by atoms with Gasteiger partial charge >= 0.3 is 0 Å². The molecule has 2 rings (SSSR count). The number of hydrogen-bond acceptors (Lipinski definition) is 3. The summed E-state index contributed by atoms with van der Waals surface area (Å²) >= 11 is 3.38. The van der Waals surface area contributed by atoms with E-state index in [0.29, 0.717) is 6.54 Å². The molecule has 1 aromatic rings. The molecule has 1 aliphatic heterocycles. The summed E-state index contributed by atoms with van der Waals surface area (Å²) in [6.07, 6.45) is 0. The fraction of sp³-hybridized carbons (Fsp3) is 0.385. The second-order valence-electron chi connectivity index (χ2n) is 4.52. The Balaban J connectivity index is 1.91. The van der Waals surface area contributed by atoms with E-state index in [4.69, 9.17) is 0 Å². The molecule has 1 fully saturated rings. The molecule has 2 amide bonds. The third-order valence-corrected chi connectivity index (χ3v) is 3.59. The Labute approximate surface area is 120 Å². The zero-order valence-electron chi connectivity index (χ0n) is 10.6. The maximum Gasteiger partial charge on any atom is 0.239 e. The van der Waals surface area contributed by atoms with Crippen molar-refractivity contribution >= 4 is 27.7 Å². The molecule has 102 valence electrons. The van der Waals surface area contributed by atoms with Crippen molar-refractivity contribution in [1.82, 2.24) is 16.0 Å². The van der Waals surface area contributed by atoms with E-state index in [1.54, 1.807) is 0 Å². The van der Waals surface area contributed by atoms with E-state index in [9.17, 15) is 9.59 Å². The Hall–Kier alpha value is -1.40. The van der Waals surface area contributed by atoms with Gasteiger partial charge in [-0.3, -0.25) is 14.9 Å². The standard InChI is InChI=1S/C13H16BrN3O2/c1-8(9-2-4-10(14)5-3-9)17-13(19)11-6-16-12(18)7-15-11/h2-5,8,11,15H,6-7H2,1H3,(H,16,18)(H,17,19). The largest absolute Gasteiger partial charge is 0.353 e. The summed E-state index contributed by atoms with van der Waals surface area (Å²) in [5.74, 6) is -0.180. The molecule has 1 saturated heterocycles. The van der Waals surface area contributed by atoms with Gasteiger partial charge in [0.15, 0.2) is 0 Å². The highest BCUT2D eigenvalue weighted by Crippen LogP contribution is 2.16. The van der Waals surface area contributed by atoms with Crippen LogP contribution in [0.25, 0.3) is 0 Å². The van der Waals surface area contributed by atoms with Gasteiger partial charge in [0.05, 0.1) is 12.6 Å².